The number of methoxy groups -OCH3 is 1. The molecule has 0 aliphatic carbocycles. The van der Waals surface area contributed by atoms with Gasteiger partial charge in [0, 0.05) is 32.0 Å². The molecule has 1 amide bonds. The first-order valence-corrected chi connectivity index (χ1v) is 7.85. The highest BCUT2D eigenvalue weighted by molar-refractivity contribution is 5.87. The Balaban J connectivity index is 1.70. The smallest absolute Gasteiger partial charge is 0.307 e. The van der Waals surface area contributed by atoms with Crippen molar-refractivity contribution >= 4 is 11.9 Å². The van der Waals surface area contributed by atoms with E-state index in [0.29, 0.717) is 19.6 Å². The molecule has 0 bridgehead atoms. The van der Waals surface area contributed by atoms with Gasteiger partial charge < -0.3 is 10.1 Å². The van der Waals surface area contributed by atoms with Gasteiger partial charge >= 0.3 is 5.97 Å². The van der Waals surface area contributed by atoms with Crippen molar-refractivity contribution in [3.8, 4) is 5.69 Å². The predicted molar refractivity (Wildman–Crippen MR) is 87.4 cm³/mol. The Morgan fingerprint density at radius 1 is 1.38 bits per heavy atom. The zero-order chi connectivity index (χ0) is 16.9. The lowest BCUT2D eigenvalue weighted by atomic mass is 10.1. The minimum absolute atomic E-state index is 0.0632. The fourth-order valence-electron chi connectivity index (χ4n) is 2.82. The number of hydrogen-bond donors (Lipinski definition) is 1. The highest BCUT2D eigenvalue weighted by atomic mass is 16.5. The molecule has 7 heteroatoms. The number of hydrogen-bond acceptors (Lipinski definition) is 5. The molecule has 2 aromatic rings. The van der Waals surface area contributed by atoms with Crippen LogP contribution in [0.3, 0.4) is 0 Å². The molecule has 2 heterocycles. The molecule has 0 spiro atoms. The van der Waals surface area contributed by atoms with E-state index in [4.69, 9.17) is 4.74 Å². The van der Waals surface area contributed by atoms with Crippen molar-refractivity contribution < 1.29 is 14.3 Å². The molecule has 1 aliphatic heterocycles. The van der Waals surface area contributed by atoms with Gasteiger partial charge in [-0.15, -0.1) is 0 Å². The molecule has 1 aliphatic rings. The van der Waals surface area contributed by atoms with E-state index in [0.717, 1.165) is 11.3 Å². The van der Waals surface area contributed by atoms with Gasteiger partial charge in [-0.05, 0) is 23.8 Å². The summed E-state index contributed by atoms with van der Waals surface area (Å²) in [5.41, 5.74) is 2.06. The normalized spacial score (nSPS) is 18.2. The first-order chi connectivity index (χ1) is 11.7. The third-order valence-corrected chi connectivity index (χ3v) is 4.12. The molecule has 24 heavy (non-hydrogen) atoms. The molecule has 1 atom stereocenters. The number of nitrogens with zero attached hydrogens (tertiary/aromatic N) is 3. The number of ether oxygens (including phenoxy) is 1. The predicted octanol–water partition coefficient (Wildman–Crippen LogP) is 0.736. The first-order valence-electron chi connectivity index (χ1n) is 7.85. The number of amides is 1. The number of aromatic nitrogens is 2. The highest BCUT2D eigenvalue weighted by Crippen LogP contribution is 2.16. The molecule has 1 fully saturated rings. The summed E-state index contributed by atoms with van der Waals surface area (Å²) in [5.74, 6) is -0.504. The standard InChI is InChI=1S/C17H20N4O3/c1-24-16(22)11-15-17(23)18-8-10-20(15)12-13-3-5-14(6-4-13)21-9-2-7-19-21/h2-7,9,15H,8,10-12H2,1H3,(H,18,23)/t15-/m1/s1. The maximum Gasteiger partial charge on any atom is 0.307 e. The second kappa shape index (κ2) is 7.27. The van der Waals surface area contributed by atoms with Gasteiger partial charge in [0.25, 0.3) is 0 Å². The molecule has 1 N–H and O–H groups in total. The van der Waals surface area contributed by atoms with Crippen LogP contribution in [0.1, 0.15) is 12.0 Å². The van der Waals surface area contributed by atoms with Crippen LogP contribution in [-0.4, -0.2) is 52.8 Å². The van der Waals surface area contributed by atoms with Crippen LogP contribution in [-0.2, 0) is 20.9 Å². The average molecular weight is 328 g/mol. The molecule has 1 saturated heterocycles. The van der Waals surface area contributed by atoms with Crippen LogP contribution in [0.25, 0.3) is 5.69 Å². The molecule has 1 aromatic heterocycles. The summed E-state index contributed by atoms with van der Waals surface area (Å²) >= 11 is 0. The zero-order valence-corrected chi connectivity index (χ0v) is 13.5. The third-order valence-electron chi connectivity index (χ3n) is 4.12. The van der Waals surface area contributed by atoms with Crippen LogP contribution in [0.5, 0.6) is 0 Å². The van der Waals surface area contributed by atoms with E-state index in [1.54, 1.807) is 10.9 Å². The summed E-state index contributed by atoms with van der Waals surface area (Å²) < 4.78 is 6.49. The van der Waals surface area contributed by atoms with Crippen LogP contribution in [0.4, 0.5) is 0 Å². The summed E-state index contributed by atoms with van der Waals surface area (Å²) in [4.78, 5) is 25.7. The van der Waals surface area contributed by atoms with Gasteiger partial charge in [0.1, 0.15) is 6.04 Å². The Morgan fingerprint density at radius 3 is 2.83 bits per heavy atom. The summed E-state index contributed by atoms with van der Waals surface area (Å²) in [5, 5.41) is 7.00. The molecule has 0 unspecified atom stereocenters. The fraction of sp³-hybridized carbons (Fsp3) is 0.353. The largest absolute Gasteiger partial charge is 0.469 e. The number of benzene rings is 1. The van der Waals surface area contributed by atoms with Crippen LogP contribution < -0.4 is 5.32 Å². The van der Waals surface area contributed by atoms with Crippen molar-refractivity contribution in [1.29, 1.82) is 0 Å². The topological polar surface area (TPSA) is 76.5 Å². The van der Waals surface area contributed by atoms with Gasteiger partial charge in [0.15, 0.2) is 0 Å². The van der Waals surface area contributed by atoms with Gasteiger partial charge in [-0.2, -0.15) is 5.10 Å². The molecule has 0 radical (unpaired) electrons. The van der Waals surface area contributed by atoms with E-state index >= 15 is 0 Å². The lowest BCUT2D eigenvalue weighted by Gasteiger charge is -2.34. The summed E-state index contributed by atoms with van der Waals surface area (Å²) in [6, 6.07) is 9.38. The lowest BCUT2D eigenvalue weighted by molar-refractivity contribution is -0.146. The summed E-state index contributed by atoms with van der Waals surface area (Å²) in [7, 11) is 1.33. The van der Waals surface area contributed by atoms with Crippen molar-refractivity contribution in [2.24, 2.45) is 0 Å². The molecular formula is C17H20N4O3. The van der Waals surface area contributed by atoms with Crippen molar-refractivity contribution in [3.63, 3.8) is 0 Å². The summed E-state index contributed by atoms with van der Waals surface area (Å²) in [6.45, 7) is 1.89. The van der Waals surface area contributed by atoms with E-state index < -0.39 is 6.04 Å². The van der Waals surface area contributed by atoms with Crippen LogP contribution in [0, 0.1) is 0 Å². The van der Waals surface area contributed by atoms with E-state index in [2.05, 4.69) is 10.4 Å². The summed E-state index contributed by atoms with van der Waals surface area (Å²) in [6.07, 6.45) is 3.68. The Morgan fingerprint density at radius 2 is 2.17 bits per heavy atom. The van der Waals surface area contributed by atoms with Gasteiger partial charge in [-0.3, -0.25) is 14.5 Å². The zero-order valence-electron chi connectivity index (χ0n) is 13.5. The third kappa shape index (κ3) is 3.62. The Labute approximate surface area is 140 Å². The van der Waals surface area contributed by atoms with Crippen molar-refractivity contribution in [3.05, 3.63) is 48.3 Å². The number of piperazine rings is 1. The molecule has 126 valence electrons. The average Bonchev–Trinajstić information content (AvgIpc) is 3.13. The Kier molecular flexibility index (Phi) is 4.90. The number of carbonyl (C=O) groups excluding carboxylic acids is 2. The number of rotatable bonds is 5. The van der Waals surface area contributed by atoms with Crippen LogP contribution in [0.15, 0.2) is 42.7 Å². The van der Waals surface area contributed by atoms with Crippen LogP contribution >= 0.6 is 0 Å². The van der Waals surface area contributed by atoms with E-state index in [9.17, 15) is 9.59 Å². The van der Waals surface area contributed by atoms with Crippen LogP contribution in [0.2, 0.25) is 0 Å². The van der Waals surface area contributed by atoms with Gasteiger partial charge in [0.05, 0.1) is 19.2 Å². The molecule has 0 saturated carbocycles. The molecule has 3 rings (SSSR count). The maximum absolute atomic E-state index is 12.1. The monoisotopic (exact) mass is 328 g/mol. The van der Waals surface area contributed by atoms with Gasteiger partial charge in [0.2, 0.25) is 5.91 Å². The van der Waals surface area contributed by atoms with Crippen molar-refractivity contribution in [2.45, 2.75) is 19.0 Å². The Bertz CT molecular complexity index is 697. The number of nitrogens with one attached hydrogen (secondary N) is 1. The van der Waals surface area contributed by atoms with Gasteiger partial charge in [-0.25, -0.2) is 4.68 Å². The molecule has 7 nitrogen and oxygen atoms in total. The van der Waals surface area contributed by atoms with Gasteiger partial charge in [-0.1, -0.05) is 12.1 Å². The second-order valence-electron chi connectivity index (χ2n) is 5.67. The first kappa shape index (κ1) is 16.2. The minimum Gasteiger partial charge on any atom is -0.469 e. The van der Waals surface area contributed by atoms with E-state index in [1.807, 2.05) is 41.4 Å². The Hall–Kier alpha value is -2.67. The number of esters is 1. The van der Waals surface area contributed by atoms with E-state index in [-0.39, 0.29) is 18.3 Å². The quantitative estimate of drug-likeness (QED) is 0.819. The van der Waals surface area contributed by atoms with Crippen molar-refractivity contribution in [1.82, 2.24) is 20.0 Å². The maximum atomic E-state index is 12.1. The van der Waals surface area contributed by atoms with E-state index in [1.165, 1.54) is 7.11 Å². The van der Waals surface area contributed by atoms with Crippen molar-refractivity contribution in [2.75, 3.05) is 20.2 Å². The highest BCUT2D eigenvalue weighted by Gasteiger charge is 2.31. The molecule has 1 aromatic carbocycles. The fourth-order valence-corrected chi connectivity index (χ4v) is 2.82. The number of carbonyl (C=O) groups is 2. The SMILES string of the molecule is COC(=O)C[C@@H]1C(=O)NCCN1Cc1ccc(-n2cccn2)cc1. The molecular weight excluding hydrogens is 308 g/mol. The second-order valence-corrected chi connectivity index (χ2v) is 5.67. The lowest BCUT2D eigenvalue weighted by Crippen LogP contribution is -2.55. The minimum atomic E-state index is -0.489.